The fourth-order valence-electron chi connectivity index (χ4n) is 1.93. The molecule has 0 radical (unpaired) electrons. The molecule has 0 atom stereocenters. The molecular formula is C12H5BrF3N3S. The van der Waals surface area contributed by atoms with E-state index in [1.54, 1.807) is 6.07 Å². The molecule has 2 aromatic heterocycles. The lowest BCUT2D eigenvalue weighted by molar-refractivity contribution is 0.534. The monoisotopic (exact) mass is 359 g/mol. The molecule has 0 bridgehead atoms. The number of fused-ring (bicyclic) bond motifs is 1. The standard InChI is InChI=1S/C12H5BrF3N3S/c13-5-1-9-11(17-4-5)19(12(20)18-9)10-7(15)2-6(14)3-8(10)16/h1-4H,(H,18,20). The number of rotatable bonds is 1. The lowest BCUT2D eigenvalue weighted by atomic mass is 10.2. The summed E-state index contributed by atoms with van der Waals surface area (Å²) in [6, 6.07) is 2.86. The van der Waals surface area contributed by atoms with Gasteiger partial charge >= 0.3 is 0 Å². The maximum Gasteiger partial charge on any atom is 0.184 e. The van der Waals surface area contributed by atoms with E-state index in [4.69, 9.17) is 12.2 Å². The Hall–Kier alpha value is -1.67. The van der Waals surface area contributed by atoms with Gasteiger partial charge in [-0.05, 0) is 34.2 Å². The smallest absolute Gasteiger partial charge is 0.184 e. The summed E-state index contributed by atoms with van der Waals surface area (Å²) >= 11 is 8.29. The van der Waals surface area contributed by atoms with Crippen molar-refractivity contribution < 1.29 is 13.2 Å². The van der Waals surface area contributed by atoms with E-state index < -0.39 is 23.1 Å². The van der Waals surface area contributed by atoms with Gasteiger partial charge in [0.05, 0.1) is 5.52 Å². The average molecular weight is 360 g/mol. The molecule has 102 valence electrons. The minimum Gasteiger partial charge on any atom is -0.329 e. The van der Waals surface area contributed by atoms with E-state index in [1.165, 1.54) is 6.20 Å². The van der Waals surface area contributed by atoms with Crippen LogP contribution in [-0.4, -0.2) is 14.5 Å². The molecule has 1 N–H and O–H groups in total. The van der Waals surface area contributed by atoms with Crippen LogP contribution in [0.3, 0.4) is 0 Å². The van der Waals surface area contributed by atoms with E-state index in [-0.39, 0.29) is 10.4 Å². The normalized spacial score (nSPS) is 11.2. The zero-order valence-electron chi connectivity index (χ0n) is 9.62. The Morgan fingerprint density at radius 1 is 1.15 bits per heavy atom. The first-order valence-electron chi connectivity index (χ1n) is 5.38. The van der Waals surface area contributed by atoms with Crippen LogP contribution in [0, 0.1) is 22.2 Å². The highest BCUT2D eigenvalue weighted by Crippen LogP contribution is 2.25. The van der Waals surface area contributed by atoms with Crippen molar-refractivity contribution in [2.45, 2.75) is 0 Å². The van der Waals surface area contributed by atoms with Crippen molar-refractivity contribution in [1.29, 1.82) is 0 Å². The first-order valence-corrected chi connectivity index (χ1v) is 6.58. The Kier molecular flexibility index (Phi) is 3.14. The summed E-state index contributed by atoms with van der Waals surface area (Å²) in [6.07, 6.45) is 1.47. The predicted molar refractivity (Wildman–Crippen MR) is 73.8 cm³/mol. The molecule has 0 saturated heterocycles. The molecule has 0 fully saturated rings. The zero-order chi connectivity index (χ0) is 14.4. The van der Waals surface area contributed by atoms with Crippen LogP contribution < -0.4 is 0 Å². The lowest BCUT2D eigenvalue weighted by Crippen LogP contribution is -2.03. The molecule has 2 heterocycles. The predicted octanol–water partition coefficient (Wildman–Crippen LogP) is 4.26. The molecule has 0 aliphatic heterocycles. The molecular weight excluding hydrogens is 355 g/mol. The van der Waals surface area contributed by atoms with Crippen molar-refractivity contribution in [3.8, 4) is 5.69 Å². The molecule has 1 aromatic carbocycles. The van der Waals surface area contributed by atoms with Crippen LogP contribution in [0.15, 0.2) is 28.9 Å². The second-order valence-corrected chi connectivity index (χ2v) is 5.31. The van der Waals surface area contributed by atoms with E-state index in [0.717, 1.165) is 4.57 Å². The van der Waals surface area contributed by atoms with Gasteiger partial charge in [-0.1, -0.05) is 0 Å². The number of nitrogens with one attached hydrogen (secondary N) is 1. The SMILES string of the molecule is Fc1cc(F)c(-n2c(=S)[nH]c3cc(Br)cnc32)c(F)c1. The van der Waals surface area contributed by atoms with Crippen LogP contribution in [0.1, 0.15) is 0 Å². The molecule has 8 heteroatoms. The average Bonchev–Trinajstić information content (AvgIpc) is 2.64. The van der Waals surface area contributed by atoms with E-state index in [0.29, 0.717) is 22.1 Å². The van der Waals surface area contributed by atoms with Crippen molar-refractivity contribution >= 4 is 39.3 Å². The Labute approximate surface area is 124 Å². The molecule has 3 nitrogen and oxygen atoms in total. The Morgan fingerprint density at radius 2 is 1.80 bits per heavy atom. The summed E-state index contributed by atoms with van der Waals surface area (Å²) in [4.78, 5) is 6.87. The van der Waals surface area contributed by atoms with Crippen LogP contribution in [0.2, 0.25) is 0 Å². The first kappa shape index (κ1) is 13.3. The minimum atomic E-state index is -1.05. The molecule has 0 amide bonds. The van der Waals surface area contributed by atoms with Gasteiger partial charge in [-0.15, -0.1) is 0 Å². The third-order valence-electron chi connectivity index (χ3n) is 2.70. The van der Waals surface area contributed by atoms with E-state index in [1.807, 2.05) is 0 Å². The van der Waals surface area contributed by atoms with Crippen LogP contribution in [0.25, 0.3) is 16.9 Å². The third kappa shape index (κ3) is 2.04. The van der Waals surface area contributed by atoms with Gasteiger partial charge in [0, 0.05) is 22.8 Å². The summed E-state index contributed by atoms with van der Waals surface area (Å²) in [6.45, 7) is 0. The lowest BCUT2D eigenvalue weighted by Gasteiger charge is -2.07. The van der Waals surface area contributed by atoms with Gasteiger partial charge in [-0.25, -0.2) is 18.2 Å². The van der Waals surface area contributed by atoms with Gasteiger partial charge in [-0.3, -0.25) is 4.57 Å². The number of benzene rings is 1. The number of aromatic nitrogens is 3. The second kappa shape index (κ2) is 4.71. The van der Waals surface area contributed by atoms with Crippen LogP contribution >= 0.6 is 28.1 Å². The van der Waals surface area contributed by atoms with Crippen molar-refractivity contribution in [3.63, 3.8) is 0 Å². The summed E-state index contributed by atoms with van der Waals surface area (Å²) < 4.78 is 42.6. The molecule has 0 spiro atoms. The fraction of sp³-hybridized carbons (Fsp3) is 0. The number of aromatic amines is 1. The van der Waals surface area contributed by atoms with Crippen molar-refractivity contribution in [3.05, 3.63) is 51.1 Å². The maximum atomic E-state index is 13.9. The molecule has 3 rings (SSSR count). The number of pyridine rings is 1. The van der Waals surface area contributed by atoms with E-state index in [2.05, 4.69) is 25.9 Å². The number of imidazole rings is 1. The molecule has 0 aliphatic rings. The van der Waals surface area contributed by atoms with Crippen LogP contribution in [0.5, 0.6) is 0 Å². The topological polar surface area (TPSA) is 33.6 Å². The molecule has 20 heavy (non-hydrogen) atoms. The van der Waals surface area contributed by atoms with Crippen molar-refractivity contribution in [2.24, 2.45) is 0 Å². The zero-order valence-corrected chi connectivity index (χ0v) is 12.0. The largest absolute Gasteiger partial charge is 0.329 e. The number of hydrogen-bond donors (Lipinski definition) is 1. The highest BCUT2D eigenvalue weighted by Gasteiger charge is 2.18. The van der Waals surface area contributed by atoms with E-state index >= 15 is 0 Å². The Bertz CT molecular complexity index is 864. The second-order valence-electron chi connectivity index (χ2n) is 4.01. The molecule has 0 aliphatic carbocycles. The van der Waals surface area contributed by atoms with Crippen LogP contribution in [0.4, 0.5) is 13.2 Å². The third-order valence-corrected chi connectivity index (χ3v) is 3.41. The quantitative estimate of drug-likeness (QED) is 0.658. The van der Waals surface area contributed by atoms with Gasteiger partial charge < -0.3 is 4.98 Å². The highest BCUT2D eigenvalue weighted by atomic mass is 79.9. The first-order chi connectivity index (χ1) is 9.47. The Morgan fingerprint density at radius 3 is 2.45 bits per heavy atom. The summed E-state index contributed by atoms with van der Waals surface area (Å²) in [5, 5.41) is 0. The van der Waals surface area contributed by atoms with Gasteiger partial charge in [-0.2, -0.15) is 0 Å². The maximum absolute atomic E-state index is 13.9. The summed E-state index contributed by atoms with van der Waals surface area (Å²) in [5.41, 5.74) is 0.299. The number of halogens is 4. The van der Waals surface area contributed by atoms with Gasteiger partial charge in [0.25, 0.3) is 0 Å². The number of H-pyrrole nitrogens is 1. The van der Waals surface area contributed by atoms with Gasteiger partial charge in [0.2, 0.25) is 0 Å². The van der Waals surface area contributed by atoms with Crippen molar-refractivity contribution in [2.75, 3.05) is 0 Å². The van der Waals surface area contributed by atoms with Crippen molar-refractivity contribution in [1.82, 2.24) is 14.5 Å². The van der Waals surface area contributed by atoms with Crippen LogP contribution in [-0.2, 0) is 0 Å². The molecule has 0 unspecified atom stereocenters. The Balaban J connectivity index is 2.41. The number of nitrogens with zero attached hydrogens (tertiary/aromatic N) is 2. The summed E-state index contributed by atoms with van der Waals surface area (Å²) in [7, 11) is 0. The minimum absolute atomic E-state index is 0.0648. The number of hydrogen-bond acceptors (Lipinski definition) is 2. The van der Waals surface area contributed by atoms with Gasteiger partial charge in [0.15, 0.2) is 22.1 Å². The summed E-state index contributed by atoms with van der Waals surface area (Å²) in [5.74, 6) is -3.10. The highest BCUT2D eigenvalue weighted by molar-refractivity contribution is 9.10. The van der Waals surface area contributed by atoms with E-state index in [9.17, 15) is 13.2 Å². The van der Waals surface area contributed by atoms with Gasteiger partial charge in [0.1, 0.15) is 11.5 Å². The fourth-order valence-corrected chi connectivity index (χ4v) is 2.54. The molecule has 3 aromatic rings. The molecule has 0 saturated carbocycles.